The van der Waals surface area contributed by atoms with Crippen LogP contribution in [0.4, 0.5) is 0 Å². The smallest absolute Gasteiger partial charge is 0.305 e. The fourth-order valence-corrected chi connectivity index (χ4v) is 8.77. The van der Waals surface area contributed by atoms with Gasteiger partial charge in [0.25, 0.3) is 8.32 Å². The summed E-state index contributed by atoms with van der Waals surface area (Å²) in [4.78, 5) is 13.8. The Morgan fingerprint density at radius 1 is 0.903 bits per heavy atom. The molecule has 2 aromatic rings. The zero-order chi connectivity index (χ0) is 22.7. The number of hydrogen-bond acceptors (Lipinski definition) is 4. The van der Waals surface area contributed by atoms with Gasteiger partial charge in [-0.15, -0.1) is 0 Å². The van der Waals surface area contributed by atoms with E-state index in [1.54, 1.807) is 0 Å². The highest BCUT2D eigenvalue weighted by Gasteiger charge is 2.49. The summed E-state index contributed by atoms with van der Waals surface area (Å²) in [7, 11) is -0.345. The Bertz CT molecular complexity index is 735. The number of nitrogens with zero attached hydrogens (tertiary/aromatic N) is 1. The van der Waals surface area contributed by atoms with Crippen molar-refractivity contribution in [2.24, 2.45) is 0 Å². The van der Waals surface area contributed by atoms with Crippen molar-refractivity contribution in [3.63, 3.8) is 0 Å². The topological polar surface area (TPSA) is 38.8 Å². The average molecular weight is 442 g/mol. The summed E-state index contributed by atoms with van der Waals surface area (Å²) in [5.41, 5.74) is 0. The van der Waals surface area contributed by atoms with E-state index >= 15 is 0 Å². The second kappa shape index (κ2) is 12.2. The van der Waals surface area contributed by atoms with Crippen LogP contribution in [0.2, 0.25) is 5.04 Å². The third-order valence-electron chi connectivity index (χ3n) is 5.65. The van der Waals surface area contributed by atoms with Gasteiger partial charge < -0.3 is 14.1 Å². The van der Waals surface area contributed by atoms with Crippen LogP contribution in [-0.2, 0) is 14.0 Å². The van der Waals surface area contributed by atoms with Gasteiger partial charge in [-0.25, -0.2) is 0 Å². The molecule has 0 unspecified atom stereocenters. The molecular formula is C26H39NO3Si. The molecule has 0 bridgehead atoms. The van der Waals surface area contributed by atoms with Crippen molar-refractivity contribution in [1.82, 2.24) is 4.90 Å². The van der Waals surface area contributed by atoms with Crippen LogP contribution >= 0.6 is 0 Å². The molecule has 0 spiro atoms. The predicted octanol–water partition coefficient (Wildman–Crippen LogP) is 4.23. The molecule has 0 aliphatic rings. The van der Waals surface area contributed by atoms with E-state index in [4.69, 9.17) is 9.16 Å². The van der Waals surface area contributed by atoms with Crippen molar-refractivity contribution in [3.05, 3.63) is 60.7 Å². The molecule has 0 radical (unpaired) electrons. The van der Waals surface area contributed by atoms with Crippen LogP contribution in [0.25, 0.3) is 0 Å². The summed E-state index contributed by atoms with van der Waals surface area (Å²) in [6.07, 6.45) is 2.27. The largest absolute Gasteiger partial charge is 0.466 e. The first-order valence-corrected chi connectivity index (χ1v) is 13.3. The van der Waals surface area contributed by atoms with Crippen molar-refractivity contribution in [3.8, 4) is 0 Å². The third kappa shape index (κ3) is 7.02. The minimum atomic E-state index is -2.45. The molecule has 0 heterocycles. The van der Waals surface area contributed by atoms with E-state index in [1.165, 1.54) is 10.4 Å². The fraction of sp³-hybridized carbons (Fsp3) is 0.500. The van der Waals surface area contributed by atoms with E-state index in [9.17, 15) is 4.79 Å². The summed E-state index contributed by atoms with van der Waals surface area (Å²) in [6.45, 7) is 11.8. The maximum atomic E-state index is 11.5. The normalized spacial score (nSPS) is 12.2. The number of benzene rings is 2. The first-order chi connectivity index (χ1) is 14.8. The summed E-state index contributed by atoms with van der Waals surface area (Å²) in [5.74, 6) is -0.106. The number of carbonyl (C=O) groups excluding carboxylic acids is 1. The lowest BCUT2D eigenvalue weighted by Crippen LogP contribution is -2.66. The molecule has 0 amide bonds. The lowest BCUT2D eigenvalue weighted by Gasteiger charge is -2.43. The second-order valence-electron chi connectivity index (χ2n) is 9.08. The van der Waals surface area contributed by atoms with Crippen molar-refractivity contribution < 1.29 is 14.0 Å². The van der Waals surface area contributed by atoms with Gasteiger partial charge in [0.1, 0.15) is 0 Å². The standard InChI is InChI=1S/C26H39NO3Si/c1-6-29-25(28)19-13-20-27(5)21-14-22-30-31(26(2,3)4,23-15-9-7-10-16-23)24-17-11-8-12-18-24/h7-12,15-18H,6,13-14,19-22H2,1-5H3. The Hall–Kier alpha value is -1.95. The van der Waals surface area contributed by atoms with E-state index in [0.29, 0.717) is 13.0 Å². The first-order valence-electron chi connectivity index (χ1n) is 11.4. The van der Waals surface area contributed by atoms with Crippen molar-refractivity contribution >= 4 is 24.7 Å². The van der Waals surface area contributed by atoms with Crippen LogP contribution in [-0.4, -0.2) is 52.5 Å². The minimum Gasteiger partial charge on any atom is -0.466 e. The molecule has 0 atom stereocenters. The molecule has 2 rings (SSSR count). The highest BCUT2D eigenvalue weighted by molar-refractivity contribution is 6.99. The Morgan fingerprint density at radius 2 is 1.42 bits per heavy atom. The van der Waals surface area contributed by atoms with Gasteiger partial charge in [-0.2, -0.15) is 0 Å². The van der Waals surface area contributed by atoms with Crippen LogP contribution in [0.5, 0.6) is 0 Å². The number of carbonyl (C=O) groups is 1. The highest BCUT2D eigenvalue weighted by Crippen LogP contribution is 2.36. The van der Waals surface area contributed by atoms with Gasteiger partial charge in [-0.1, -0.05) is 81.4 Å². The highest BCUT2D eigenvalue weighted by atomic mass is 28.4. The minimum absolute atomic E-state index is 0.00124. The van der Waals surface area contributed by atoms with E-state index < -0.39 is 8.32 Å². The van der Waals surface area contributed by atoms with E-state index in [2.05, 4.69) is 93.4 Å². The van der Waals surface area contributed by atoms with Crippen LogP contribution in [0.15, 0.2) is 60.7 Å². The molecule has 0 saturated carbocycles. The average Bonchev–Trinajstić information content (AvgIpc) is 2.74. The van der Waals surface area contributed by atoms with Crippen molar-refractivity contribution in [2.75, 3.05) is 33.4 Å². The summed E-state index contributed by atoms with van der Waals surface area (Å²) in [5, 5.41) is 2.63. The molecule has 4 nitrogen and oxygen atoms in total. The summed E-state index contributed by atoms with van der Waals surface area (Å²) < 4.78 is 11.9. The van der Waals surface area contributed by atoms with Crippen LogP contribution in [0.3, 0.4) is 0 Å². The van der Waals surface area contributed by atoms with Gasteiger partial charge in [-0.3, -0.25) is 4.79 Å². The lowest BCUT2D eigenvalue weighted by molar-refractivity contribution is -0.143. The molecule has 0 N–H and O–H groups in total. The third-order valence-corrected chi connectivity index (χ3v) is 10.7. The zero-order valence-electron chi connectivity index (χ0n) is 19.9. The maximum Gasteiger partial charge on any atom is 0.305 e. The number of esters is 1. The maximum absolute atomic E-state index is 11.5. The fourth-order valence-electron chi connectivity index (χ4n) is 4.16. The molecule has 170 valence electrons. The predicted molar refractivity (Wildman–Crippen MR) is 132 cm³/mol. The molecule has 0 saturated heterocycles. The molecule has 2 aromatic carbocycles. The van der Waals surface area contributed by atoms with Gasteiger partial charge >= 0.3 is 5.97 Å². The Balaban J connectivity index is 2.04. The summed E-state index contributed by atoms with van der Waals surface area (Å²) in [6, 6.07) is 21.5. The second-order valence-corrected chi connectivity index (χ2v) is 13.4. The number of rotatable bonds is 12. The molecule has 0 fully saturated rings. The molecule has 31 heavy (non-hydrogen) atoms. The SMILES string of the molecule is CCOC(=O)CCCN(C)CCCO[Si](c1ccccc1)(c1ccccc1)C(C)(C)C. The van der Waals surface area contributed by atoms with Crippen LogP contribution in [0, 0.1) is 0 Å². The number of ether oxygens (including phenoxy) is 1. The molecule has 0 aromatic heterocycles. The van der Waals surface area contributed by atoms with E-state index in [1.807, 2.05) is 6.92 Å². The monoisotopic (exact) mass is 441 g/mol. The molecule has 5 heteroatoms. The van der Waals surface area contributed by atoms with Crippen LogP contribution in [0.1, 0.15) is 47.0 Å². The first kappa shape index (κ1) is 25.3. The van der Waals surface area contributed by atoms with Gasteiger partial charge in [0, 0.05) is 13.0 Å². The van der Waals surface area contributed by atoms with Crippen molar-refractivity contribution in [2.45, 2.75) is 52.0 Å². The quantitative estimate of drug-likeness (QED) is 0.281. The van der Waals surface area contributed by atoms with Crippen LogP contribution < -0.4 is 10.4 Å². The number of hydrogen-bond donors (Lipinski definition) is 0. The summed E-state index contributed by atoms with van der Waals surface area (Å²) >= 11 is 0. The van der Waals surface area contributed by atoms with E-state index in [0.717, 1.165) is 32.5 Å². The lowest BCUT2D eigenvalue weighted by atomic mass is 10.2. The Labute approximate surface area is 189 Å². The van der Waals surface area contributed by atoms with Gasteiger partial charge in [0.2, 0.25) is 0 Å². The van der Waals surface area contributed by atoms with Gasteiger partial charge in [-0.05, 0) is 55.3 Å². The zero-order valence-corrected chi connectivity index (χ0v) is 20.9. The van der Waals surface area contributed by atoms with E-state index in [-0.39, 0.29) is 11.0 Å². The van der Waals surface area contributed by atoms with Gasteiger partial charge in [0.05, 0.1) is 6.61 Å². The van der Waals surface area contributed by atoms with Gasteiger partial charge in [0.15, 0.2) is 0 Å². The Kier molecular flexibility index (Phi) is 9.94. The molecule has 0 aliphatic carbocycles. The molecule has 0 aliphatic heterocycles. The Morgan fingerprint density at radius 3 is 1.90 bits per heavy atom. The molecular weight excluding hydrogens is 402 g/mol. The van der Waals surface area contributed by atoms with Crippen molar-refractivity contribution in [1.29, 1.82) is 0 Å².